The van der Waals surface area contributed by atoms with Gasteiger partial charge in [0.2, 0.25) is 0 Å². The Hall–Kier alpha value is -1.26. The molecule has 5 heteroatoms. The van der Waals surface area contributed by atoms with Gasteiger partial charge in [-0.25, -0.2) is 0 Å². The predicted octanol–water partition coefficient (Wildman–Crippen LogP) is 6.63. The van der Waals surface area contributed by atoms with Crippen molar-refractivity contribution in [3.05, 3.63) is 64.1 Å². The summed E-state index contributed by atoms with van der Waals surface area (Å²) >= 11 is 13.3. The van der Waals surface area contributed by atoms with Crippen LogP contribution < -0.4 is 4.90 Å². The van der Waals surface area contributed by atoms with E-state index in [1.165, 1.54) is 18.4 Å². The largest absolute Gasteiger partial charge is 0.376 e. The summed E-state index contributed by atoms with van der Waals surface area (Å²) < 4.78 is 6.10. The Bertz CT molecular complexity index is 750. The van der Waals surface area contributed by atoms with Crippen LogP contribution in [0, 0.1) is 0 Å². The van der Waals surface area contributed by atoms with Crippen molar-refractivity contribution in [2.45, 2.75) is 58.3 Å². The quantitative estimate of drug-likeness (QED) is 0.463. The standard InChI is InChI=1S/C24H32Cl2N2O/c1-24(2,3)29-17-14-22(27-15-7-8-16-27)28(18-19-10-5-4-6-11-19)23-20(25)12-9-13-21(23)26/h4-6,9-13,22H,7-8,14-18H2,1-3H3. The Balaban J connectivity index is 1.94. The normalized spacial score (nSPS) is 16.2. The van der Waals surface area contributed by atoms with Crippen molar-refractivity contribution in [1.29, 1.82) is 0 Å². The Morgan fingerprint density at radius 2 is 1.59 bits per heavy atom. The molecular weight excluding hydrogens is 403 g/mol. The molecule has 0 amide bonds. The lowest BCUT2D eigenvalue weighted by atomic mass is 10.1. The van der Waals surface area contributed by atoms with Crippen molar-refractivity contribution in [2.24, 2.45) is 0 Å². The van der Waals surface area contributed by atoms with Crippen molar-refractivity contribution >= 4 is 28.9 Å². The minimum Gasteiger partial charge on any atom is -0.376 e. The molecule has 1 atom stereocenters. The van der Waals surface area contributed by atoms with Crippen LogP contribution in [0.25, 0.3) is 0 Å². The number of anilines is 1. The fourth-order valence-electron chi connectivity index (χ4n) is 3.92. The van der Waals surface area contributed by atoms with Crippen LogP contribution in [0.1, 0.15) is 45.6 Å². The first-order valence-corrected chi connectivity index (χ1v) is 11.2. The van der Waals surface area contributed by atoms with Crippen LogP contribution in [0.2, 0.25) is 10.0 Å². The maximum atomic E-state index is 6.67. The number of para-hydroxylation sites is 1. The molecule has 0 radical (unpaired) electrons. The van der Waals surface area contributed by atoms with Crippen LogP contribution >= 0.6 is 23.2 Å². The van der Waals surface area contributed by atoms with Crippen molar-refractivity contribution in [3.63, 3.8) is 0 Å². The van der Waals surface area contributed by atoms with E-state index in [1.807, 2.05) is 24.3 Å². The summed E-state index contributed by atoms with van der Waals surface area (Å²) in [7, 11) is 0. The number of benzene rings is 2. The molecule has 0 aliphatic carbocycles. The summed E-state index contributed by atoms with van der Waals surface area (Å²) in [5.74, 6) is 0. The third-order valence-electron chi connectivity index (χ3n) is 5.25. The second-order valence-electron chi connectivity index (χ2n) is 8.66. The van der Waals surface area contributed by atoms with Gasteiger partial charge < -0.3 is 9.64 Å². The van der Waals surface area contributed by atoms with Gasteiger partial charge in [0, 0.05) is 26.1 Å². The number of nitrogens with zero attached hydrogens (tertiary/aromatic N) is 2. The summed E-state index contributed by atoms with van der Waals surface area (Å²) in [6, 6.07) is 16.3. The Morgan fingerprint density at radius 3 is 2.17 bits per heavy atom. The second kappa shape index (κ2) is 10.2. The molecular formula is C24H32Cl2N2O. The van der Waals surface area contributed by atoms with Crippen LogP contribution in [0.5, 0.6) is 0 Å². The molecule has 29 heavy (non-hydrogen) atoms. The van der Waals surface area contributed by atoms with Gasteiger partial charge in [0.15, 0.2) is 0 Å². The van der Waals surface area contributed by atoms with E-state index in [4.69, 9.17) is 27.9 Å². The number of hydrogen-bond acceptors (Lipinski definition) is 3. The summed E-state index contributed by atoms with van der Waals surface area (Å²) in [6.45, 7) is 9.93. The van der Waals surface area contributed by atoms with E-state index in [-0.39, 0.29) is 11.8 Å². The zero-order valence-electron chi connectivity index (χ0n) is 17.7. The molecule has 3 nitrogen and oxygen atoms in total. The molecule has 2 aromatic carbocycles. The number of halogens is 2. The number of hydrogen-bond donors (Lipinski definition) is 0. The highest BCUT2D eigenvalue weighted by Gasteiger charge is 2.30. The van der Waals surface area contributed by atoms with E-state index >= 15 is 0 Å². The molecule has 3 rings (SSSR count). The van der Waals surface area contributed by atoms with Crippen LogP contribution in [0.15, 0.2) is 48.5 Å². The minimum absolute atomic E-state index is 0.151. The SMILES string of the molecule is CC(C)(C)OCCC(N1CCCC1)N(Cc1ccccc1)c1c(Cl)cccc1Cl. The van der Waals surface area contributed by atoms with Gasteiger partial charge >= 0.3 is 0 Å². The highest BCUT2D eigenvalue weighted by molar-refractivity contribution is 6.39. The van der Waals surface area contributed by atoms with E-state index in [0.717, 1.165) is 31.7 Å². The molecule has 1 heterocycles. The molecule has 1 aliphatic heterocycles. The lowest BCUT2D eigenvalue weighted by molar-refractivity contribution is -0.0127. The first-order chi connectivity index (χ1) is 13.8. The summed E-state index contributed by atoms with van der Waals surface area (Å²) in [5, 5.41) is 1.38. The summed E-state index contributed by atoms with van der Waals surface area (Å²) in [6.07, 6.45) is 3.53. The molecule has 158 valence electrons. The van der Waals surface area contributed by atoms with Gasteiger partial charge in [0.25, 0.3) is 0 Å². The van der Waals surface area contributed by atoms with E-state index < -0.39 is 0 Å². The monoisotopic (exact) mass is 434 g/mol. The van der Waals surface area contributed by atoms with E-state index in [1.54, 1.807) is 0 Å². The lowest BCUT2D eigenvalue weighted by Crippen LogP contribution is -2.48. The van der Waals surface area contributed by atoms with Crippen LogP contribution in [-0.4, -0.2) is 36.4 Å². The van der Waals surface area contributed by atoms with E-state index in [0.29, 0.717) is 16.7 Å². The molecule has 1 fully saturated rings. The van der Waals surface area contributed by atoms with Gasteiger partial charge in [-0.2, -0.15) is 0 Å². The summed E-state index contributed by atoms with van der Waals surface area (Å²) in [4.78, 5) is 4.92. The molecule has 0 saturated carbocycles. The highest BCUT2D eigenvalue weighted by atomic mass is 35.5. The maximum absolute atomic E-state index is 6.67. The zero-order chi connectivity index (χ0) is 20.9. The third-order valence-corrected chi connectivity index (χ3v) is 5.86. The smallest absolute Gasteiger partial charge is 0.0847 e. The number of rotatable bonds is 8. The van der Waals surface area contributed by atoms with Gasteiger partial charge in [0.1, 0.15) is 0 Å². The molecule has 0 aromatic heterocycles. The highest BCUT2D eigenvalue weighted by Crippen LogP contribution is 2.37. The number of ether oxygens (including phenoxy) is 1. The van der Waals surface area contributed by atoms with Gasteiger partial charge in [-0.1, -0.05) is 59.6 Å². The van der Waals surface area contributed by atoms with E-state index in [2.05, 4.69) is 54.8 Å². The maximum Gasteiger partial charge on any atom is 0.0847 e. The molecule has 1 unspecified atom stereocenters. The Morgan fingerprint density at radius 1 is 0.966 bits per heavy atom. The topological polar surface area (TPSA) is 15.7 Å². The minimum atomic E-state index is -0.151. The van der Waals surface area contributed by atoms with Gasteiger partial charge in [0.05, 0.1) is 34.1 Å². The van der Waals surface area contributed by atoms with Crippen molar-refractivity contribution in [3.8, 4) is 0 Å². The van der Waals surface area contributed by atoms with Crippen LogP contribution in [0.3, 0.4) is 0 Å². The molecule has 0 spiro atoms. The van der Waals surface area contributed by atoms with Crippen LogP contribution in [-0.2, 0) is 11.3 Å². The second-order valence-corrected chi connectivity index (χ2v) is 9.47. The molecule has 0 bridgehead atoms. The first kappa shape index (κ1) is 22.4. The van der Waals surface area contributed by atoms with Crippen molar-refractivity contribution < 1.29 is 4.74 Å². The van der Waals surface area contributed by atoms with Gasteiger partial charge in [-0.15, -0.1) is 0 Å². The summed E-state index contributed by atoms with van der Waals surface area (Å²) in [5.41, 5.74) is 2.00. The molecule has 2 aromatic rings. The Labute approximate surface area is 185 Å². The average molecular weight is 435 g/mol. The van der Waals surface area contributed by atoms with Gasteiger partial charge in [-0.05, 0) is 51.3 Å². The molecule has 1 saturated heterocycles. The van der Waals surface area contributed by atoms with E-state index in [9.17, 15) is 0 Å². The fraction of sp³-hybridized carbons (Fsp3) is 0.500. The zero-order valence-corrected chi connectivity index (χ0v) is 19.2. The lowest BCUT2D eigenvalue weighted by Gasteiger charge is -2.40. The predicted molar refractivity (Wildman–Crippen MR) is 124 cm³/mol. The third kappa shape index (κ3) is 6.36. The fourth-order valence-corrected chi connectivity index (χ4v) is 4.54. The van der Waals surface area contributed by atoms with Crippen molar-refractivity contribution in [1.82, 2.24) is 4.90 Å². The first-order valence-electron chi connectivity index (χ1n) is 10.5. The average Bonchev–Trinajstić information content (AvgIpc) is 3.19. The van der Waals surface area contributed by atoms with Gasteiger partial charge in [-0.3, -0.25) is 4.90 Å². The molecule has 0 N–H and O–H groups in total. The van der Waals surface area contributed by atoms with Crippen molar-refractivity contribution in [2.75, 3.05) is 24.6 Å². The van der Waals surface area contributed by atoms with Crippen LogP contribution in [0.4, 0.5) is 5.69 Å². The molecule has 1 aliphatic rings. The number of likely N-dealkylation sites (tertiary alicyclic amines) is 1. The Kier molecular flexibility index (Phi) is 7.86.